The molecule has 2 aliphatic rings. The zero-order valence-corrected chi connectivity index (χ0v) is 15.0. The SMILES string of the molecule is CCCO[C@H]1C[C@@H](C(=O)N2CCN(c3cnccn3)CC2)CC[C@@H]1N. The van der Waals surface area contributed by atoms with Crippen LogP contribution in [0.2, 0.25) is 0 Å². The van der Waals surface area contributed by atoms with Crippen LogP contribution in [0.15, 0.2) is 18.6 Å². The molecule has 7 nitrogen and oxygen atoms in total. The molecule has 1 amide bonds. The van der Waals surface area contributed by atoms with E-state index >= 15 is 0 Å². The van der Waals surface area contributed by atoms with E-state index in [1.807, 2.05) is 4.90 Å². The van der Waals surface area contributed by atoms with Gasteiger partial charge in [0.2, 0.25) is 5.91 Å². The third kappa shape index (κ3) is 4.46. The summed E-state index contributed by atoms with van der Waals surface area (Å²) in [5.74, 6) is 1.19. The van der Waals surface area contributed by atoms with Gasteiger partial charge in [-0.25, -0.2) is 4.98 Å². The number of carbonyl (C=O) groups excluding carboxylic acids is 1. The second-order valence-electron chi connectivity index (χ2n) is 6.96. The zero-order valence-electron chi connectivity index (χ0n) is 15.0. The predicted molar refractivity (Wildman–Crippen MR) is 96.2 cm³/mol. The summed E-state index contributed by atoms with van der Waals surface area (Å²) in [7, 11) is 0. The molecular formula is C18H29N5O2. The van der Waals surface area contributed by atoms with Gasteiger partial charge in [0.25, 0.3) is 0 Å². The lowest BCUT2D eigenvalue weighted by molar-refractivity contribution is -0.139. The Morgan fingerprint density at radius 2 is 2.08 bits per heavy atom. The molecule has 7 heteroatoms. The highest BCUT2D eigenvalue weighted by Crippen LogP contribution is 2.28. The van der Waals surface area contributed by atoms with Gasteiger partial charge in [-0.1, -0.05) is 6.92 Å². The van der Waals surface area contributed by atoms with Crippen LogP contribution in [0.5, 0.6) is 0 Å². The zero-order chi connectivity index (χ0) is 17.6. The highest BCUT2D eigenvalue weighted by molar-refractivity contribution is 5.79. The Bertz CT molecular complexity index is 548. The molecule has 138 valence electrons. The first-order valence-corrected chi connectivity index (χ1v) is 9.36. The molecule has 1 saturated heterocycles. The van der Waals surface area contributed by atoms with Gasteiger partial charge in [0.05, 0.1) is 12.3 Å². The summed E-state index contributed by atoms with van der Waals surface area (Å²) in [6.07, 6.45) is 8.64. The van der Waals surface area contributed by atoms with E-state index in [1.54, 1.807) is 18.6 Å². The van der Waals surface area contributed by atoms with Crippen molar-refractivity contribution < 1.29 is 9.53 Å². The predicted octanol–water partition coefficient (Wildman–Crippen LogP) is 1.05. The molecule has 1 aliphatic carbocycles. The minimum absolute atomic E-state index is 0.0172. The third-order valence-corrected chi connectivity index (χ3v) is 5.19. The molecular weight excluding hydrogens is 318 g/mol. The summed E-state index contributed by atoms with van der Waals surface area (Å²) in [6.45, 7) is 5.87. The van der Waals surface area contributed by atoms with Gasteiger partial charge in [-0.05, 0) is 25.7 Å². The summed E-state index contributed by atoms with van der Waals surface area (Å²) in [4.78, 5) is 25.5. The molecule has 0 bridgehead atoms. The van der Waals surface area contributed by atoms with Crippen LogP contribution in [-0.4, -0.2) is 65.7 Å². The maximum atomic E-state index is 12.9. The number of aromatic nitrogens is 2. The standard InChI is InChI=1S/C18H29N5O2/c1-2-11-25-16-12-14(3-4-15(16)19)18(24)23-9-7-22(8-10-23)17-13-20-5-6-21-17/h5-6,13-16H,2-4,7-12,19H2,1H3/t14-,15-,16-/m0/s1. The van der Waals surface area contributed by atoms with Crippen LogP contribution in [0.1, 0.15) is 32.6 Å². The Balaban J connectivity index is 1.52. The molecule has 1 saturated carbocycles. The van der Waals surface area contributed by atoms with Crippen LogP contribution in [0.3, 0.4) is 0 Å². The smallest absolute Gasteiger partial charge is 0.225 e. The first kappa shape index (κ1) is 18.1. The van der Waals surface area contributed by atoms with Crippen molar-refractivity contribution in [3.8, 4) is 0 Å². The van der Waals surface area contributed by atoms with E-state index in [9.17, 15) is 4.79 Å². The van der Waals surface area contributed by atoms with Crippen molar-refractivity contribution in [2.24, 2.45) is 11.7 Å². The van der Waals surface area contributed by atoms with E-state index in [0.717, 1.165) is 64.3 Å². The molecule has 3 atom stereocenters. The number of hydrogen-bond donors (Lipinski definition) is 1. The van der Waals surface area contributed by atoms with Crippen LogP contribution in [0, 0.1) is 5.92 Å². The number of nitrogens with two attached hydrogens (primary N) is 1. The summed E-state index contributed by atoms with van der Waals surface area (Å²) in [5.41, 5.74) is 6.17. The number of ether oxygens (including phenoxy) is 1. The number of amides is 1. The number of nitrogens with zero attached hydrogens (tertiary/aromatic N) is 4. The van der Waals surface area contributed by atoms with Crippen molar-refractivity contribution in [2.75, 3.05) is 37.7 Å². The van der Waals surface area contributed by atoms with Gasteiger partial charge in [-0.15, -0.1) is 0 Å². The summed E-state index contributed by atoms with van der Waals surface area (Å²) in [5, 5.41) is 0. The summed E-state index contributed by atoms with van der Waals surface area (Å²) in [6, 6.07) is 0.0594. The molecule has 2 heterocycles. The van der Waals surface area contributed by atoms with Gasteiger partial charge < -0.3 is 20.3 Å². The first-order chi connectivity index (χ1) is 12.2. The molecule has 2 fully saturated rings. The number of carbonyl (C=O) groups is 1. The van der Waals surface area contributed by atoms with Gasteiger partial charge in [0, 0.05) is 57.1 Å². The number of anilines is 1. The third-order valence-electron chi connectivity index (χ3n) is 5.19. The topological polar surface area (TPSA) is 84.6 Å². The molecule has 1 aromatic rings. The highest BCUT2D eigenvalue weighted by atomic mass is 16.5. The van der Waals surface area contributed by atoms with Crippen molar-refractivity contribution >= 4 is 11.7 Å². The Morgan fingerprint density at radius 1 is 1.28 bits per heavy atom. The average molecular weight is 347 g/mol. The number of rotatable bonds is 5. The van der Waals surface area contributed by atoms with Crippen molar-refractivity contribution in [2.45, 2.75) is 44.8 Å². The fourth-order valence-electron chi connectivity index (χ4n) is 3.71. The summed E-state index contributed by atoms with van der Waals surface area (Å²) >= 11 is 0. The molecule has 0 spiro atoms. The van der Waals surface area contributed by atoms with Crippen molar-refractivity contribution in [3.63, 3.8) is 0 Å². The van der Waals surface area contributed by atoms with E-state index in [2.05, 4.69) is 21.8 Å². The monoisotopic (exact) mass is 347 g/mol. The minimum Gasteiger partial charge on any atom is -0.377 e. The van der Waals surface area contributed by atoms with Gasteiger partial charge in [-0.2, -0.15) is 0 Å². The molecule has 0 aromatic carbocycles. The number of hydrogen-bond acceptors (Lipinski definition) is 6. The largest absolute Gasteiger partial charge is 0.377 e. The van der Waals surface area contributed by atoms with Gasteiger partial charge in [0.1, 0.15) is 5.82 Å². The Morgan fingerprint density at radius 3 is 2.76 bits per heavy atom. The second kappa shape index (κ2) is 8.58. The molecule has 1 aliphatic heterocycles. The van der Waals surface area contributed by atoms with E-state index in [0.29, 0.717) is 0 Å². The van der Waals surface area contributed by atoms with Gasteiger partial charge in [-0.3, -0.25) is 9.78 Å². The maximum absolute atomic E-state index is 12.9. The van der Waals surface area contributed by atoms with Crippen LogP contribution in [0.25, 0.3) is 0 Å². The van der Waals surface area contributed by atoms with Crippen LogP contribution < -0.4 is 10.6 Å². The van der Waals surface area contributed by atoms with E-state index in [4.69, 9.17) is 10.5 Å². The van der Waals surface area contributed by atoms with Crippen molar-refractivity contribution in [1.82, 2.24) is 14.9 Å². The lowest BCUT2D eigenvalue weighted by atomic mass is 9.83. The van der Waals surface area contributed by atoms with Gasteiger partial charge in [0.15, 0.2) is 0 Å². The Kier molecular flexibility index (Phi) is 6.20. The van der Waals surface area contributed by atoms with E-state index in [-0.39, 0.29) is 24.0 Å². The molecule has 1 aromatic heterocycles. The first-order valence-electron chi connectivity index (χ1n) is 9.36. The average Bonchev–Trinajstić information content (AvgIpc) is 2.67. The van der Waals surface area contributed by atoms with Gasteiger partial charge >= 0.3 is 0 Å². The van der Waals surface area contributed by atoms with Crippen molar-refractivity contribution in [1.29, 1.82) is 0 Å². The van der Waals surface area contributed by atoms with Crippen LogP contribution in [0.4, 0.5) is 5.82 Å². The quantitative estimate of drug-likeness (QED) is 0.857. The lowest BCUT2D eigenvalue weighted by Crippen LogP contribution is -2.52. The fourth-order valence-corrected chi connectivity index (χ4v) is 3.71. The Labute approximate surface area is 149 Å². The maximum Gasteiger partial charge on any atom is 0.225 e. The Hall–Kier alpha value is -1.73. The van der Waals surface area contributed by atoms with E-state index in [1.165, 1.54) is 0 Å². The molecule has 2 N–H and O–H groups in total. The molecule has 0 unspecified atom stereocenters. The normalized spacial score (nSPS) is 27.4. The molecule has 0 radical (unpaired) electrons. The van der Waals surface area contributed by atoms with Crippen molar-refractivity contribution in [3.05, 3.63) is 18.6 Å². The lowest BCUT2D eigenvalue weighted by Gasteiger charge is -2.39. The minimum atomic E-state index is 0.0172. The second-order valence-corrected chi connectivity index (χ2v) is 6.96. The highest BCUT2D eigenvalue weighted by Gasteiger charge is 2.35. The number of piperazine rings is 1. The van der Waals surface area contributed by atoms with E-state index < -0.39 is 0 Å². The van der Waals surface area contributed by atoms with Crippen LogP contribution in [-0.2, 0) is 9.53 Å². The molecule has 25 heavy (non-hydrogen) atoms. The van der Waals surface area contributed by atoms with Crippen LogP contribution >= 0.6 is 0 Å². The summed E-state index contributed by atoms with van der Waals surface area (Å²) < 4.78 is 5.87. The fraction of sp³-hybridized carbons (Fsp3) is 0.722. The molecule has 3 rings (SSSR count).